The number of imidazole rings is 1. The van der Waals surface area contributed by atoms with Crippen LogP contribution in [-0.4, -0.2) is 20.6 Å². The van der Waals surface area contributed by atoms with Crippen LogP contribution in [0.5, 0.6) is 0 Å². The van der Waals surface area contributed by atoms with Crippen LogP contribution in [0.15, 0.2) is 54.2 Å². The Bertz CT molecular complexity index is 420. The molecule has 0 bridgehead atoms. The smallest absolute Gasteiger partial charge is 0.184 e. The van der Waals surface area contributed by atoms with Crippen molar-refractivity contribution in [3.63, 3.8) is 0 Å². The molecule has 1 aromatic carbocycles. The summed E-state index contributed by atoms with van der Waals surface area (Å²) in [4.78, 5) is 3.89. The normalized spacial score (nSPS) is 11.6. The molecular weight excluding hydrogens is 178 g/mol. The summed E-state index contributed by atoms with van der Waals surface area (Å²) in [7, 11) is 0. The fraction of sp³-hybridized carbons (Fsp3) is 0. The van der Waals surface area contributed by atoms with Gasteiger partial charge in [0.25, 0.3) is 0 Å². The highest BCUT2D eigenvalue weighted by atomic mass is 16.4. The molecular formula is C10H9N3O. The van der Waals surface area contributed by atoms with Gasteiger partial charge >= 0.3 is 0 Å². The van der Waals surface area contributed by atoms with E-state index in [1.54, 1.807) is 23.3 Å². The Balaban J connectivity index is 2.43. The van der Waals surface area contributed by atoms with Gasteiger partial charge in [-0.2, -0.15) is 0 Å². The average molecular weight is 187 g/mol. The van der Waals surface area contributed by atoms with Crippen LogP contribution >= 0.6 is 0 Å². The summed E-state index contributed by atoms with van der Waals surface area (Å²) in [5.41, 5.74) is 0.841. The summed E-state index contributed by atoms with van der Waals surface area (Å²) in [5, 5.41) is 12.1. The van der Waals surface area contributed by atoms with Crippen LogP contribution in [0.3, 0.4) is 0 Å². The van der Waals surface area contributed by atoms with E-state index in [9.17, 15) is 0 Å². The maximum Gasteiger partial charge on any atom is 0.184 e. The summed E-state index contributed by atoms with van der Waals surface area (Å²) >= 11 is 0. The van der Waals surface area contributed by atoms with Crippen molar-refractivity contribution in [2.24, 2.45) is 5.16 Å². The van der Waals surface area contributed by atoms with Crippen LogP contribution in [-0.2, 0) is 0 Å². The van der Waals surface area contributed by atoms with Gasteiger partial charge in [0, 0.05) is 18.0 Å². The van der Waals surface area contributed by atoms with Gasteiger partial charge in [0.2, 0.25) is 0 Å². The monoisotopic (exact) mass is 187 g/mol. The van der Waals surface area contributed by atoms with Gasteiger partial charge in [-0.1, -0.05) is 35.5 Å². The number of oxime groups is 1. The van der Waals surface area contributed by atoms with Crippen LogP contribution < -0.4 is 0 Å². The second-order valence-electron chi connectivity index (χ2n) is 2.76. The Kier molecular flexibility index (Phi) is 2.27. The standard InChI is InChI=1S/C10H9N3O/c14-12-10(13-7-6-11-8-13)9-4-2-1-3-5-9/h1-8,14H/b12-10-. The van der Waals surface area contributed by atoms with Crippen molar-refractivity contribution in [2.45, 2.75) is 0 Å². The Morgan fingerprint density at radius 1 is 1.29 bits per heavy atom. The lowest BCUT2D eigenvalue weighted by Gasteiger charge is -2.03. The molecule has 0 amide bonds. The van der Waals surface area contributed by atoms with Crippen molar-refractivity contribution in [3.8, 4) is 0 Å². The zero-order chi connectivity index (χ0) is 9.80. The van der Waals surface area contributed by atoms with Gasteiger partial charge in [-0.15, -0.1) is 0 Å². The molecule has 0 spiro atoms. The molecule has 0 aliphatic rings. The summed E-state index contributed by atoms with van der Waals surface area (Å²) < 4.78 is 1.65. The predicted molar refractivity (Wildman–Crippen MR) is 52.4 cm³/mol. The molecule has 1 N–H and O–H groups in total. The minimum atomic E-state index is 0.461. The third kappa shape index (κ3) is 1.50. The lowest BCUT2D eigenvalue weighted by molar-refractivity contribution is 0.317. The topological polar surface area (TPSA) is 50.4 Å². The van der Waals surface area contributed by atoms with Crippen molar-refractivity contribution in [3.05, 3.63) is 54.6 Å². The van der Waals surface area contributed by atoms with Gasteiger partial charge in [-0.05, 0) is 0 Å². The van der Waals surface area contributed by atoms with E-state index in [2.05, 4.69) is 10.1 Å². The minimum Gasteiger partial charge on any atom is -0.409 e. The van der Waals surface area contributed by atoms with E-state index < -0.39 is 0 Å². The number of hydrogen-bond donors (Lipinski definition) is 1. The lowest BCUT2D eigenvalue weighted by atomic mass is 10.2. The SMILES string of the molecule is O/N=C(/c1ccccc1)n1ccnc1. The fourth-order valence-electron chi connectivity index (χ4n) is 1.23. The predicted octanol–water partition coefficient (Wildman–Crippen LogP) is 1.57. The molecule has 0 fully saturated rings. The first kappa shape index (κ1) is 8.50. The van der Waals surface area contributed by atoms with Crippen molar-refractivity contribution in [1.29, 1.82) is 0 Å². The third-order valence-corrected chi connectivity index (χ3v) is 1.88. The van der Waals surface area contributed by atoms with Crippen LogP contribution in [0.2, 0.25) is 0 Å². The van der Waals surface area contributed by atoms with Crippen LogP contribution in [0.4, 0.5) is 0 Å². The Morgan fingerprint density at radius 2 is 2.07 bits per heavy atom. The van der Waals surface area contributed by atoms with E-state index in [1.165, 1.54) is 0 Å². The highest BCUT2D eigenvalue weighted by Gasteiger charge is 2.04. The zero-order valence-electron chi connectivity index (χ0n) is 7.41. The first-order valence-electron chi connectivity index (χ1n) is 4.17. The minimum absolute atomic E-state index is 0.461. The molecule has 0 aliphatic heterocycles. The average Bonchev–Trinajstić information content (AvgIpc) is 2.74. The summed E-state index contributed by atoms with van der Waals surface area (Å²) in [6.07, 6.45) is 4.94. The van der Waals surface area contributed by atoms with Gasteiger partial charge in [-0.25, -0.2) is 4.98 Å². The molecule has 0 saturated carbocycles. The maximum atomic E-state index is 8.89. The maximum absolute atomic E-state index is 8.89. The molecule has 0 saturated heterocycles. The Morgan fingerprint density at radius 3 is 2.64 bits per heavy atom. The van der Waals surface area contributed by atoms with E-state index in [-0.39, 0.29) is 0 Å². The van der Waals surface area contributed by atoms with Crippen molar-refractivity contribution < 1.29 is 5.21 Å². The molecule has 4 heteroatoms. The number of hydrogen-bond acceptors (Lipinski definition) is 3. The lowest BCUT2D eigenvalue weighted by Crippen LogP contribution is -2.11. The van der Waals surface area contributed by atoms with Crippen LogP contribution in [0.1, 0.15) is 5.56 Å². The van der Waals surface area contributed by atoms with E-state index in [4.69, 9.17) is 5.21 Å². The molecule has 1 heterocycles. The highest BCUT2D eigenvalue weighted by Crippen LogP contribution is 2.03. The van der Waals surface area contributed by atoms with E-state index in [0.29, 0.717) is 5.84 Å². The fourth-order valence-corrected chi connectivity index (χ4v) is 1.23. The molecule has 2 aromatic rings. The van der Waals surface area contributed by atoms with Gasteiger partial charge in [0.1, 0.15) is 6.33 Å². The second-order valence-corrected chi connectivity index (χ2v) is 2.76. The largest absolute Gasteiger partial charge is 0.409 e. The molecule has 14 heavy (non-hydrogen) atoms. The molecule has 1 aromatic heterocycles. The molecule has 70 valence electrons. The molecule has 0 radical (unpaired) electrons. The summed E-state index contributed by atoms with van der Waals surface area (Å²) in [6, 6.07) is 9.42. The van der Waals surface area contributed by atoms with E-state index in [1.807, 2.05) is 30.3 Å². The number of aromatic nitrogens is 2. The van der Waals surface area contributed by atoms with Crippen molar-refractivity contribution >= 4 is 5.84 Å². The van der Waals surface area contributed by atoms with Gasteiger partial charge in [-0.3, -0.25) is 4.57 Å². The second kappa shape index (κ2) is 3.74. The van der Waals surface area contributed by atoms with Gasteiger partial charge in [0.15, 0.2) is 5.84 Å². The summed E-state index contributed by atoms with van der Waals surface area (Å²) in [5.74, 6) is 0.461. The zero-order valence-corrected chi connectivity index (χ0v) is 7.41. The molecule has 0 aliphatic carbocycles. The van der Waals surface area contributed by atoms with Gasteiger partial charge < -0.3 is 5.21 Å². The number of benzene rings is 1. The van der Waals surface area contributed by atoms with Gasteiger partial charge in [0.05, 0.1) is 0 Å². The quantitative estimate of drug-likeness (QED) is 0.319. The molecule has 0 unspecified atom stereocenters. The number of nitrogens with zero attached hydrogens (tertiary/aromatic N) is 3. The molecule has 0 atom stereocenters. The Labute approximate surface area is 81.1 Å². The number of rotatable bonds is 1. The van der Waals surface area contributed by atoms with Crippen molar-refractivity contribution in [1.82, 2.24) is 9.55 Å². The third-order valence-electron chi connectivity index (χ3n) is 1.88. The summed E-state index contributed by atoms with van der Waals surface area (Å²) in [6.45, 7) is 0. The van der Waals surface area contributed by atoms with Crippen LogP contribution in [0.25, 0.3) is 0 Å². The Hall–Kier alpha value is -2.10. The molecule has 2 rings (SSSR count). The van der Waals surface area contributed by atoms with Crippen LogP contribution in [0, 0.1) is 0 Å². The van der Waals surface area contributed by atoms with E-state index >= 15 is 0 Å². The molecule has 4 nitrogen and oxygen atoms in total. The highest BCUT2D eigenvalue weighted by molar-refractivity contribution is 5.99. The van der Waals surface area contributed by atoms with Crippen molar-refractivity contribution in [2.75, 3.05) is 0 Å². The first-order chi connectivity index (χ1) is 6.92. The van der Waals surface area contributed by atoms with E-state index in [0.717, 1.165) is 5.56 Å². The first-order valence-corrected chi connectivity index (χ1v) is 4.17.